The molecule has 0 aliphatic carbocycles. The number of imide groups is 1. The molecule has 0 aromatic carbocycles. The van der Waals surface area contributed by atoms with E-state index >= 15 is 0 Å². The fourth-order valence-electron chi connectivity index (χ4n) is 2.36. The van der Waals surface area contributed by atoms with E-state index in [4.69, 9.17) is 27.9 Å². The fraction of sp³-hybridized carbons (Fsp3) is 0.417. The van der Waals surface area contributed by atoms with Gasteiger partial charge in [0.1, 0.15) is 5.54 Å². The van der Waals surface area contributed by atoms with Gasteiger partial charge in [-0.05, 0) is 6.07 Å². The molecule has 0 saturated carbocycles. The SMILES string of the molecule is O=C1NC2(CCOC2)C(=O)N1Cc1ncc(Cl)cc1Cl. The lowest BCUT2D eigenvalue weighted by atomic mass is 9.99. The van der Waals surface area contributed by atoms with Crippen LogP contribution < -0.4 is 5.32 Å². The lowest BCUT2D eigenvalue weighted by molar-refractivity contribution is -0.131. The molecule has 1 N–H and O–H groups in total. The second-order valence-electron chi connectivity index (χ2n) is 4.79. The molecule has 2 aliphatic rings. The van der Waals surface area contributed by atoms with Crippen LogP contribution in [0.15, 0.2) is 12.3 Å². The Kier molecular flexibility index (Phi) is 3.32. The van der Waals surface area contributed by atoms with Crippen LogP contribution in [0.25, 0.3) is 0 Å². The number of nitrogens with zero attached hydrogens (tertiary/aromatic N) is 2. The number of carbonyl (C=O) groups excluding carboxylic acids is 2. The van der Waals surface area contributed by atoms with Gasteiger partial charge in [0.25, 0.3) is 5.91 Å². The molecule has 6 nitrogen and oxygen atoms in total. The van der Waals surface area contributed by atoms with Crippen LogP contribution in [0, 0.1) is 0 Å². The van der Waals surface area contributed by atoms with E-state index in [-0.39, 0.29) is 19.1 Å². The van der Waals surface area contributed by atoms with Crippen molar-refractivity contribution in [2.75, 3.05) is 13.2 Å². The van der Waals surface area contributed by atoms with Gasteiger partial charge in [-0.1, -0.05) is 23.2 Å². The van der Waals surface area contributed by atoms with E-state index in [9.17, 15) is 9.59 Å². The number of carbonyl (C=O) groups is 2. The van der Waals surface area contributed by atoms with Crippen LogP contribution in [0.2, 0.25) is 10.0 Å². The molecule has 0 bridgehead atoms. The van der Waals surface area contributed by atoms with E-state index in [1.54, 1.807) is 0 Å². The number of hydrogen-bond donors (Lipinski definition) is 1. The van der Waals surface area contributed by atoms with Crippen LogP contribution in [0.5, 0.6) is 0 Å². The third-order valence-corrected chi connectivity index (χ3v) is 3.99. The lowest BCUT2D eigenvalue weighted by Crippen LogP contribution is -2.47. The number of pyridine rings is 1. The molecular formula is C12H11Cl2N3O3. The van der Waals surface area contributed by atoms with Crippen LogP contribution in [0.3, 0.4) is 0 Å². The normalized spacial score (nSPS) is 25.6. The molecule has 2 saturated heterocycles. The molecule has 1 aromatic rings. The van der Waals surface area contributed by atoms with Gasteiger partial charge in [-0.25, -0.2) is 4.79 Å². The summed E-state index contributed by atoms with van der Waals surface area (Å²) in [6.45, 7) is 0.679. The maximum Gasteiger partial charge on any atom is 0.325 e. The van der Waals surface area contributed by atoms with Crippen LogP contribution in [-0.4, -0.2) is 40.6 Å². The lowest BCUT2D eigenvalue weighted by Gasteiger charge is -2.18. The number of nitrogens with one attached hydrogen (secondary N) is 1. The summed E-state index contributed by atoms with van der Waals surface area (Å²) in [7, 11) is 0. The maximum absolute atomic E-state index is 12.4. The van der Waals surface area contributed by atoms with Crippen molar-refractivity contribution in [3.05, 3.63) is 28.0 Å². The first kappa shape index (κ1) is 13.6. The maximum atomic E-state index is 12.4. The summed E-state index contributed by atoms with van der Waals surface area (Å²) in [6, 6.07) is 1.08. The Bertz CT molecular complexity index is 587. The van der Waals surface area contributed by atoms with Gasteiger partial charge < -0.3 is 10.1 Å². The van der Waals surface area contributed by atoms with Crippen molar-refractivity contribution < 1.29 is 14.3 Å². The highest BCUT2D eigenvalue weighted by Crippen LogP contribution is 2.29. The highest BCUT2D eigenvalue weighted by molar-refractivity contribution is 6.34. The zero-order chi connectivity index (χ0) is 14.3. The molecule has 1 atom stereocenters. The minimum absolute atomic E-state index is 0.0163. The average molecular weight is 316 g/mol. The standard InChI is InChI=1S/C12H11Cl2N3O3/c13-7-3-8(14)9(15-4-7)5-17-10(18)12(16-11(17)19)1-2-20-6-12/h3-4H,1-2,5-6H2,(H,16,19). The summed E-state index contributed by atoms with van der Waals surface area (Å²) in [5.41, 5.74) is -0.494. The number of ether oxygens (including phenoxy) is 1. The Morgan fingerprint density at radius 3 is 2.90 bits per heavy atom. The molecule has 106 valence electrons. The molecule has 3 rings (SSSR count). The highest BCUT2D eigenvalue weighted by Gasteiger charge is 2.53. The van der Waals surface area contributed by atoms with Gasteiger partial charge >= 0.3 is 6.03 Å². The van der Waals surface area contributed by atoms with E-state index in [0.717, 1.165) is 4.90 Å². The Hall–Kier alpha value is -1.37. The number of aromatic nitrogens is 1. The first-order valence-corrected chi connectivity index (χ1v) is 6.79. The molecule has 1 aromatic heterocycles. The quantitative estimate of drug-likeness (QED) is 0.841. The summed E-state index contributed by atoms with van der Waals surface area (Å²) < 4.78 is 5.22. The molecule has 1 unspecified atom stereocenters. The Labute approximate surface area is 125 Å². The van der Waals surface area contributed by atoms with Gasteiger partial charge in [-0.3, -0.25) is 14.7 Å². The third kappa shape index (κ3) is 2.13. The van der Waals surface area contributed by atoms with E-state index in [2.05, 4.69) is 10.3 Å². The zero-order valence-electron chi connectivity index (χ0n) is 10.4. The molecule has 8 heteroatoms. The second-order valence-corrected chi connectivity index (χ2v) is 5.63. The number of urea groups is 1. The minimum Gasteiger partial charge on any atom is -0.378 e. The molecule has 0 radical (unpaired) electrons. The number of hydrogen-bond acceptors (Lipinski definition) is 4. The number of rotatable bonds is 2. The van der Waals surface area contributed by atoms with Gasteiger partial charge in [-0.15, -0.1) is 0 Å². The average Bonchev–Trinajstić information content (AvgIpc) is 2.94. The molecule has 2 fully saturated rings. The Morgan fingerprint density at radius 2 is 2.25 bits per heavy atom. The summed E-state index contributed by atoms with van der Waals surface area (Å²) in [5, 5.41) is 3.42. The molecule has 20 heavy (non-hydrogen) atoms. The molecule has 3 heterocycles. The van der Waals surface area contributed by atoms with E-state index in [1.165, 1.54) is 12.3 Å². The molecule has 2 aliphatic heterocycles. The van der Waals surface area contributed by atoms with Gasteiger partial charge in [0, 0.05) is 19.2 Å². The van der Waals surface area contributed by atoms with Crippen LogP contribution in [0.4, 0.5) is 4.79 Å². The van der Waals surface area contributed by atoms with E-state index < -0.39 is 11.6 Å². The van der Waals surface area contributed by atoms with Crippen molar-refractivity contribution in [2.45, 2.75) is 18.5 Å². The number of amides is 3. The minimum atomic E-state index is -0.921. The van der Waals surface area contributed by atoms with Crippen molar-refractivity contribution in [1.82, 2.24) is 15.2 Å². The van der Waals surface area contributed by atoms with Crippen molar-refractivity contribution in [3.63, 3.8) is 0 Å². The zero-order valence-corrected chi connectivity index (χ0v) is 11.9. The number of halogens is 2. The summed E-state index contributed by atoms with van der Waals surface area (Å²) >= 11 is 11.8. The Morgan fingerprint density at radius 1 is 1.45 bits per heavy atom. The summed E-state index contributed by atoms with van der Waals surface area (Å²) in [4.78, 5) is 29.5. The van der Waals surface area contributed by atoms with Crippen LogP contribution in [0.1, 0.15) is 12.1 Å². The highest BCUT2D eigenvalue weighted by atomic mass is 35.5. The van der Waals surface area contributed by atoms with Crippen LogP contribution >= 0.6 is 23.2 Å². The monoisotopic (exact) mass is 315 g/mol. The van der Waals surface area contributed by atoms with E-state index in [0.29, 0.717) is 28.8 Å². The second kappa shape index (κ2) is 4.87. The smallest absolute Gasteiger partial charge is 0.325 e. The predicted molar refractivity (Wildman–Crippen MR) is 71.5 cm³/mol. The molecular weight excluding hydrogens is 305 g/mol. The topological polar surface area (TPSA) is 71.5 Å². The molecule has 3 amide bonds. The van der Waals surface area contributed by atoms with Gasteiger partial charge in [-0.2, -0.15) is 0 Å². The first-order valence-electron chi connectivity index (χ1n) is 6.04. The summed E-state index contributed by atoms with van der Waals surface area (Å²) in [5.74, 6) is -0.298. The predicted octanol–water partition coefficient (Wildman–Crippen LogP) is 1.60. The summed E-state index contributed by atoms with van der Waals surface area (Å²) in [6.07, 6.45) is 1.91. The van der Waals surface area contributed by atoms with Crippen molar-refractivity contribution in [2.24, 2.45) is 0 Å². The van der Waals surface area contributed by atoms with Crippen molar-refractivity contribution in [1.29, 1.82) is 0 Å². The van der Waals surface area contributed by atoms with E-state index in [1.807, 2.05) is 0 Å². The first-order chi connectivity index (χ1) is 9.52. The van der Waals surface area contributed by atoms with Gasteiger partial charge in [0.15, 0.2) is 0 Å². The third-order valence-electron chi connectivity index (χ3n) is 3.46. The van der Waals surface area contributed by atoms with Crippen LogP contribution in [-0.2, 0) is 16.1 Å². The Balaban J connectivity index is 1.84. The fourth-order valence-corrected chi connectivity index (χ4v) is 2.80. The van der Waals surface area contributed by atoms with Crippen molar-refractivity contribution >= 4 is 35.1 Å². The molecule has 1 spiro atoms. The van der Waals surface area contributed by atoms with Gasteiger partial charge in [0.05, 0.1) is 28.9 Å². The largest absolute Gasteiger partial charge is 0.378 e. The van der Waals surface area contributed by atoms with Gasteiger partial charge in [0.2, 0.25) is 0 Å². The van der Waals surface area contributed by atoms with Crippen molar-refractivity contribution in [3.8, 4) is 0 Å².